The van der Waals surface area contributed by atoms with Crippen LogP contribution in [0.4, 0.5) is 0 Å². The normalized spacial score (nSPS) is 10.8. The lowest BCUT2D eigenvalue weighted by molar-refractivity contribution is 0.390. The fraction of sp³-hybridized carbons (Fsp3) is 0.250. The molecule has 8 heteroatoms. The zero-order valence-electron chi connectivity index (χ0n) is 23.0. The molecule has 4 aromatic rings. The summed E-state index contributed by atoms with van der Waals surface area (Å²) < 4.78 is 21.5. The van der Waals surface area contributed by atoms with E-state index >= 15 is 0 Å². The number of rotatable bonds is 11. The van der Waals surface area contributed by atoms with Crippen molar-refractivity contribution in [3.63, 3.8) is 0 Å². The van der Waals surface area contributed by atoms with E-state index in [2.05, 4.69) is 0 Å². The fourth-order valence-electron chi connectivity index (χ4n) is 4.73. The van der Waals surface area contributed by atoms with E-state index in [1.807, 2.05) is 24.3 Å². The van der Waals surface area contributed by atoms with Crippen LogP contribution in [0, 0.1) is 0 Å². The lowest BCUT2D eigenvalue weighted by Crippen LogP contribution is -1.98. The van der Waals surface area contributed by atoms with E-state index in [1.54, 1.807) is 52.7 Å². The van der Waals surface area contributed by atoms with Crippen molar-refractivity contribution in [3.05, 3.63) is 82.9 Å². The quantitative estimate of drug-likeness (QED) is 0.187. The molecular formula is C32H34O8. The van der Waals surface area contributed by atoms with Crippen molar-refractivity contribution in [2.75, 3.05) is 28.4 Å². The Labute approximate surface area is 233 Å². The van der Waals surface area contributed by atoms with Crippen molar-refractivity contribution in [2.45, 2.75) is 25.7 Å². The Morgan fingerprint density at radius 1 is 0.425 bits per heavy atom. The van der Waals surface area contributed by atoms with Gasteiger partial charge in [-0.3, -0.25) is 0 Å². The molecule has 0 spiro atoms. The predicted molar refractivity (Wildman–Crippen MR) is 152 cm³/mol. The molecule has 0 saturated carbocycles. The van der Waals surface area contributed by atoms with Gasteiger partial charge in [0.2, 0.25) is 0 Å². The molecule has 0 aliphatic carbocycles. The minimum Gasteiger partial charge on any atom is -0.508 e. The van der Waals surface area contributed by atoms with Gasteiger partial charge >= 0.3 is 0 Å². The molecule has 0 radical (unpaired) electrons. The molecule has 0 atom stereocenters. The van der Waals surface area contributed by atoms with Gasteiger partial charge in [-0.15, -0.1) is 0 Å². The minimum absolute atomic E-state index is 0.0566. The molecule has 0 unspecified atom stereocenters. The van der Waals surface area contributed by atoms with Crippen LogP contribution in [0.1, 0.15) is 22.3 Å². The molecule has 8 nitrogen and oxygen atoms in total. The van der Waals surface area contributed by atoms with Crippen molar-refractivity contribution in [1.82, 2.24) is 0 Å². The van der Waals surface area contributed by atoms with Gasteiger partial charge in [0.1, 0.15) is 46.0 Å². The number of hydrogen-bond acceptors (Lipinski definition) is 8. The summed E-state index contributed by atoms with van der Waals surface area (Å²) in [6, 6.07) is 17.0. The third kappa shape index (κ3) is 6.12. The van der Waals surface area contributed by atoms with Crippen LogP contribution in [0.25, 0.3) is 11.1 Å². The molecule has 0 bridgehead atoms. The highest BCUT2D eigenvalue weighted by Crippen LogP contribution is 2.42. The van der Waals surface area contributed by atoms with Crippen molar-refractivity contribution in [3.8, 4) is 57.1 Å². The van der Waals surface area contributed by atoms with Gasteiger partial charge in [0.25, 0.3) is 0 Å². The smallest absolute Gasteiger partial charge is 0.127 e. The number of benzene rings is 4. The first-order valence-electron chi connectivity index (χ1n) is 12.8. The van der Waals surface area contributed by atoms with Gasteiger partial charge < -0.3 is 39.4 Å². The molecular weight excluding hydrogens is 512 g/mol. The molecule has 210 valence electrons. The number of aromatic hydroxyl groups is 4. The molecule has 0 heterocycles. The lowest BCUT2D eigenvalue weighted by Gasteiger charge is -2.15. The van der Waals surface area contributed by atoms with E-state index in [0.29, 0.717) is 70.9 Å². The summed E-state index contributed by atoms with van der Waals surface area (Å²) in [5.74, 6) is 2.22. The first-order chi connectivity index (χ1) is 19.3. The van der Waals surface area contributed by atoms with Gasteiger partial charge in [0.15, 0.2) is 0 Å². The van der Waals surface area contributed by atoms with Crippen LogP contribution in [0.2, 0.25) is 0 Å². The summed E-state index contributed by atoms with van der Waals surface area (Å²) in [6.07, 6.45) is 2.01. The van der Waals surface area contributed by atoms with E-state index in [1.165, 1.54) is 12.1 Å². The standard InChI is InChI=1S/C32H34O8/c1-37-23-11-9-19(31(15-23)39-3)5-7-21-13-25(29(35)17-27(21)33)26-14-22(28(34)18-30(26)36)8-6-20-10-12-24(38-2)16-32(20)40-4/h9-18,33-36H,5-8H2,1-4H3. The Kier molecular flexibility index (Phi) is 8.79. The third-order valence-electron chi connectivity index (χ3n) is 7.00. The summed E-state index contributed by atoms with van der Waals surface area (Å²) in [4.78, 5) is 0. The summed E-state index contributed by atoms with van der Waals surface area (Å²) in [5.41, 5.74) is 3.72. The monoisotopic (exact) mass is 546 g/mol. The molecule has 4 aromatic carbocycles. The first kappa shape index (κ1) is 28.3. The average Bonchev–Trinajstić information content (AvgIpc) is 2.96. The highest BCUT2D eigenvalue weighted by molar-refractivity contribution is 5.78. The minimum atomic E-state index is -0.188. The van der Waals surface area contributed by atoms with Crippen molar-refractivity contribution in [1.29, 1.82) is 0 Å². The van der Waals surface area contributed by atoms with Crippen molar-refractivity contribution < 1.29 is 39.4 Å². The van der Waals surface area contributed by atoms with E-state index in [0.717, 1.165) is 11.1 Å². The second-order valence-electron chi connectivity index (χ2n) is 9.35. The van der Waals surface area contributed by atoms with Crippen LogP contribution in [0.3, 0.4) is 0 Å². The summed E-state index contributed by atoms with van der Waals surface area (Å²) >= 11 is 0. The van der Waals surface area contributed by atoms with Gasteiger partial charge in [-0.1, -0.05) is 12.1 Å². The van der Waals surface area contributed by atoms with E-state index in [4.69, 9.17) is 18.9 Å². The molecule has 4 rings (SSSR count). The molecule has 0 amide bonds. The number of phenols is 4. The van der Waals surface area contributed by atoms with E-state index in [-0.39, 0.29) is 23.0 Å². The fourth-order valence-corrected chi connectivity index (χ4v) is 4.73. The maximum Gasteiger partial charge on any atom is 0.127 e. The predicted octanol–water partition coefficient (Wildman–Crippen LogP) is 5.78. The van der Waals surface area contributed by atoms with Crippen LogP contribution in [0.15, 0.2) is 60.7 Å². The Balaban J connectivity index is 1.61. The largest absolute Gasteiger partial charge is 0.508 e. The molecule has 0 aliphatic rings. The topological polar surface area (TPSA) is 118 Å². The summed E-state index contributed by atoms with van der Waals surface area (Å²) in [7, 11) is 6.35. The third-order valence-corrected chi connectivity index (χ3v) is 7.00. The average molecular weight is 547 g/mol. The van der Waals surface area contributed by atoms with Gasteiger partial charge in [0.05, 0.1) is 28.4 Å². The second-order valence-corrected chi connectivity index (χ2v) is 9.35. The van der Waals surface area contributed by atoms with Crippen molar-refractivity contribution in [2.24, 2.45) is 0 Å². The Morgan fingerprint density at radius 2 is 0.800 bits per heavy atom. The van der Waals surface area contributed by atoms with Gasteiger partial charge in [-0.2, -0.15) is 0 Å². The molecule has 0 aliphatic heterocycles. The van der Waals surface area contributed by atoms with Gasteiger partial charge in [-0.05, 0) is 72.2 Å². The number of phenolic OH excluding ortho intramolecular Hbond substituents is 4. The summed E-state index contributed by atoms with van der Waals surface area (Å²) in [5, 5.41) is 42.6. The zero-order chi connectivity index (χ0) is 28.8. The maximum atomic E-state index is 10.7. The molecule has 4 N–H and O–H groups in total. The molecule has 0 aromatic heterocycles. The Hall–Kier alpha value is -4.72. The number of methoxy groups -OCH3 is 4. The molecule has 40 heavy (non-hydrogen) atoms. The van der Waals surface area contributed by atoms with Gasteiger partial charge in [0, 0.05) is 35.4 Å². The zero-order valence-corrected chi connectivity index (χ0v) is 23.0. The van der Waals surface area contributed by atoms with E-state index < -0.39 is 0 Å². The maximum absolute atomic E-state index is 10.7. The van der Waals surface area contributed by atoms with E-state index in [9.17, 15) is 20.4 Å². The lowest BCUT2D eigenvalue weighted by atomic mass is 9.94. The number of aryl methyl sites for hydroxylation is 4. The molecule has 0 fully saturated rings. The summed E-state index contributed by atoms with van der Waals surface area (Å²) in [6.45, 7) is 0. The van der Waals surface area contributed by atoms with Crippen molar-refractivity contribution >= 4 is 0 Å². The number of ether oxygens (including phenoxy) is 4. The van der Waals surface area contributed by atoms with Gasteiger partial charge in [-0.25, -0.2) is 0 Å². The highest BCUT2D eigenvalue weighted by Gasteiger charge is 2.18. The van der Waals surface area contributed by atoms with Crippen LogP contribution in [-0.2, 0) is 25.7 Å². The van der Waals surface area contributed by atoms with Crippen LogP contribution < -0.4 is 18.9 Å². The molecule has 0 saturated heterocycles. The Morgan fingerprint density at radius 3 is 1.15 bits per heavy atom. The van der Waals surface area contributed by atoms with Crippen LogP contribution in [-0.4, -0.2) is 48.9 Å². The van der Waals surface area contributed by atoms with Crippen LogP contribution >= 0.6 is 0 Å². The Bertz CT molecular complexity index is 1380. The SMILES string of the molecule is COc1ccc(CCc2cc(-c3cc(CCc4ccc(OC)cc4OC)c(O)cc3O)c(O)cc2O)c(OC)c1. The first-order valence-corrected chi connectivity index (χ1v) is 12.8. The highest BCUT2D eigenvalue weighted by atomic mass is 16.5. The number of hydrogen-bond donors (Lipinski definition) is 4. The second kappa shape index (κ2) is 12.4. The van der Waals surface area contributed by atoms with Crippen LogP contribution in [0.5, 0.6) is 46.0 Å².